The lowest BCUT2D eigenvalue weighted by Gasteiger charge is -2.31. The highest BCUT2D eigenvalue weighted by Gasteiger charge is 2.24. The van der Waals surface area contributed by atoms with Crippen LogP contribution in [0.5, 0.6) is 0 Å². The third-order valence-corrected chi connectivity index (χ3v) is 4.75. The molecule has 0 aliphatic heterocycles. The van der Waals surface area contributed by atoms with Gasteiger partial charge in [-0.2, -0.15) is 0 Å². The van der Waals surface area contributed by atoms with Crippen molar-refractivity contribution in [2.45, 2.75) is 41.2 Å². The summed E-state index contributed by atoms with van der Waals surface area (Å²) < 4.78 is 5.94. The van der Waals surface area contributed by atoms with E-state index in [-0.39, 0.29) is 17.8 Å². The first-order chi connectivity index (χ1) is 11.4. The molecule has 140 valence electrons. The van der Waals surface area contributed by atoms with Gasteiger partial charge in [-0.25, -0.2) is 4.79 Å². The molecule has 5 heteroatoms. The van der Waals surface area contributed by atoms with Gasteiger partial charge in [0, 0.05) is 5.56 Å². The van der Waals surface area contributed by atoms with Crippen molar-refractivity contribution in [3.8, 4) is 0 Å². The van der Waals surface area contributed by atoms with Crippen LogP contribution in [0.3, 0.4) is 0 Å². The summed E-state index contributed by atoms with van der Waals surface area (Å²) in [6.45, 7) is 11.3. The first kappa shape index (κ1) is 21.2. The third-order valence-electron chi connectivity index (χ3n) is 4.75. The molecule has 0 spiro atoms. The largest absolute Gasteiger partial charge is 0.478 e. The van der Waals surface area contributed by atoms with Gasteiger partial charge >= 0.3 is 11.9 Å². The summed E-state index contributed by atoms with van der Waals surface area (Å²) in [4.78, 5) is 23.5. The van der Waals surface area contributed by atoms with Crippen molar-refractivity contribution < 1.29 is 23.9 Å². The number of aryl methyl sites for hydroxylation is 2. The van der Waals surface area contributed by atoms with Gasteiger partial charge in [0.1, 0.15) is 19.7 Å². The number of rotatable bonds is 8. The second kappa shape index (κ2) is 8.48. The molecule has 0 heterocycles. The zero-order valence-electron chi connectivity index (χ0n) is 16.5. The van der Waals surface area contributed by atoms with Gasteiger partial charge in [-0.1, -0.05) is 26.8 Å². The van der Waals surface area contributed by atoms with Crippen molar-refractivity contribution in [1.82, 2.24) is 0 Å². The molecule has 5 nitrogen and oxygen atoms in total. The van der Waals surface area contributed by atoms with Crippen molar-refractivity contribution >= 4 is 11.9 Å². The zero-order chi connectivity index (χ0) is 19.4. The third kappa shape index (κ3) is 6.16. The van der Waals surface area contributed by atoms with Crippen molar-refractivity contribution in [2.24, 2.45) is 11.8 Å². The number of hydrogen-bond donors (Lipinski definition) is 1. The van der Waals surface area contributed by atoms with Crippen LogP contribution in [0.25, 0.3) is 0 Å². The Kier molecular flexibility index (Phi) is 7.17. The smallest absolute Gasteiger partial charge is 0.336 e. The lowest BCUT2D eigenvalue weighted by Crippen LogP contribution is -2.42. The Labute approximate surface area is 151 Å². The number of nitrogens with zero attached hydrogens (tertiary/aromatic N) is 1. The number of carboxylic acid groups (broad SMARTS) is 1. The minimum atomic E-state index is -0.904. The van der Waals surface area contributed by atoms with Crippen molar-refractivity contribution in [3.05, 3.63) is 34.4 Å². The van der Waals surface area contributed by atoms with Crippen LogP contribution in [0.4, 0.5) is 0 Å². The number of quaternary nitrogens is 1. The summed E-state index contributed by atoms with van der Waals surface area (Å²) in [7, 11) is 4.04. The Morgan fingerprint density at radius 1 is 1.16 bits per heavy atom. The van der Waals surface area contributed by atoms with Crippen molar-refractivity contribution in [3.63, 3.8) is 0 Å². The van der Waals surface area contributed by atoms with Gasteiger partial charge in [-0.05, 0) is 37.0 Å². The Morgan fingerprint density at radius 3 is 2.28 bits per heavy atom. The van der Waals surface area contributed by atoms with Gasteiger partial charge in [0.25, 0.3) is 0 Å². The van der Waals surface area contributed by atoms with Crippen LogP contribution in [0.15, 0.2) is 12.1 Å². The van der Waals surface area contributed by atoms with E-state index in [0.717, 1.165) is 16.7 Å². The maximum absolute atomic E-state index is 12.0. The van der Waals surface area contributed by atoms with Crippen LogP contribution in [0, 0.1) is 25.7 Å². The molecule has 0 aliphatic rings. The average Bonchev–Trinajstić information content (AvgIpc) is 2.48. The van der Waals surface area contributed by atoms with Gasteiger partial charge in [-0.3, -0.25) is 4.79 Å². The zero-order valence-corrected chi connectivity index (χ0v) is 16.5. The molecule has 0 fully saturated rings. The SMILES string of the molecule is Cc1cc(C)c(C[N+](C)(C)CCOC(=O)C(C)C(C)C)c(C(=O)O)c1. The molecule has 1 unspecified atom stereocenters. The van der Waals surface area contributed by atoms with E-state index < -0.39 is 5.97 Å². The molecule has 0 aromatic heterocycles. The Bertz CT molecular complexity index is 635. The maximum atomic E-state index is 12.0. The molecule has 0 saturated carbocycles. The standard InChI is InChI=1S/C20H31NO4/c1-13(2)16(5)20(24)25-9-8-21(6,7)12-18-15(4)10-14(3)11-17(18)19(22)23/h10-11,13,16H,8-9,12H2,1-7H3/p+1. The van der Waals surface area contributed by atoms with Gasteiger partial charge in [-0.15, -0.1) is 0 Å². The second-order valence-corrected chi connectivity index (χ2v) is 7.93. The Balaban J connectivity index is 2.79. The summed E-state index contributed by atoms with van der Waals surface area (Å²) in [5.74, 6) is -0.941. The molecule has 1 rings (SSSR count). The fraction of sp³-hybridized carbons (Fsp3) is 0.600. The van der Waals surface area contributed by atoms with Gasteiger partial charge in [0.15, 0.2) is 0 Å². The molecule has 0 saturated heterocycles. The first-order valence-corrected chi connectivity index (χ1v) is 8.76. The number of esters is 1. The van der Waals surface area contributed by atoms with E-state index in [0.29, 0.717) is 29.7 Å². The minimum Gasteiger partial charge on any atom is -0.478 e. The monoisotopic (exact) mass is 350 g/mol. The fourth-order valence-electron chi connectivity index (χ4n) is 2.70. The number of hydrogen-bond acceptors (Lipinski definition) is 3. The van der Waals surface area contributed by atoms with E-state index >= 15 is 0 Å². The van der Waals surface area contributed by atoms with E-state index in [1.807, 2.05) is 54.8 Å². The van der Waals surface area contributed by atoms with E-state index in [2.05, 4.69) is 0 Å². The molecule has 25 heavy (non-hydrogen) atoms. The average molecular weight is 350 g/mol. The molecular formula is C20H32NO4+. The molecule has 0 amide bonds. The number of carbonyl (C=O) groups excluding carboxylic acids is 1. The fourth-order valence-corrected chi connectivity index (χ4v) is 2.70. The van der Waals surface area contributed by atoms with Crippen LogP contribution in [0.2, 0.25) is 0 Å². The summed E-state index contributed by atoms with van der Waals surface area (Å²) in [6.07, 6.45) is 0. The van der Waals surface area contributed by atoms with E-state index in [1.54, 1.807) is 6.07 Å². The molecule has 1 atom stereocenters. The van der Waals surface area contributed by atoms with Crippen molar-refractivity contribution in [1.29, 1.82) is 0 Å². The normalized spacial score (nSPS) is 13.0. The topological polar surface area (TPSA) is 63.6 Å². The lowest BCUT2D eigenvalue weighted by molar-refractivity contribution is -0.903. The molecule has 0 radical (unpaired) electrons. The number of benzene rings is 1. The van der Waals surface area contributed by atoms with Crippen LogP contribution >= 0.6 is 0 Å². The van der Waals surface area contributed by atoms with Gasteiger partial charge < -0.3 is 14.3 Å². The van der Waals surface area contributed by atoms with Crippen LogP contribution in [0.1, 0.15) is 47.8 Å². The van der Waals surface area contributed by atoms with E-state index in [1.165, 1.54) is 0 Å². The Hall–Kier alpha value is -1.88. The van der Waals surface area contributed by atoms with Crippen LogP contribution in [-0.2, 0) is 16.1 Å². The quantitative estimate of drug-likeness (QED) is 0.576. The van der Waals surface area contributed by atoms with E-state index in [9.17, 15) is 14.7 Å². The molecule has 1 aromatic carbocycles. The lowest BCUT2D eigenvalue weighted by atomic mass is 9.98. The molecular weight excluding hydrogens is 318 g/mol. The summed E-state index contributed by atoms with van der Waals surface area (Å²) in [5.41, 5.74) is 3.12. The summed E-state index contributed by atoms with van der Waals surface area (Å²) in [6, 6.07) is 3.72. The van der Waals surface area contributed by atoms with Crippen LogP contribution in [-0.4, -0.2) is 48.8 Å². The molecule has 1 aromatic rings. The Morgan fingerprint density at radius 2 is 1.76 bits per heavy atom. The van der Waals surface area contributed by atoms with Crippen molar-refractivity contribution in [2.75, 3.05) is 27.2 Å². The maximum Gasteiger partial charge on any atom is 0.336 e. The number of carbonyl (C=O) groups is 2. The van der Waals surface area contributed by atoms with Gasteiger partial charge in [0.05, 0.1) is 25.6 Å². The number of likely N-dealkylation sites (N-methyl/N-ethyl adjacent to an activating group) is 1. The predicted octanol–water partition coefficient (Wildman–Crippen LogP) is 3.41. The predicted molar refractivity (Wildman–Crippen MR) is 98.5 cm³/mol. The van der Waals surface area contributed by atoms with Crippen LogP contribution < -0.4 is 0 Å². The highest BCUT2D eigenvalue weighted by atomic mass is 16.5. The summed E-state index contributed by atoms with van der Waals surface area (Å²) >= 11 is 0. The highest BCUT2D eigenvalue weighted by Crippen LogP contribution is 2.21. The second-order valence-electron chi connectivity index (χ2n) is 7.93. The summed E-state index contributed by atoms with van der Waals surface area (Å²) in [5, 5.41) is 9.50. The number of carboxylic acids is 1. The molecule has 0 aliphatic carbocycles. The molecule has 0 bridgehead atoms. The van der Waals surface area contributed by atoms with E-state index in [4.69, 9.17) is 4.74 Å². The number of aromatic carboxylic acids is 1. The molecule has 1 N–H and O–H groups in total. The van der Waals surface area contributed by atoms with Gasteiger partial charge in [0.2, 0.25) is 0 Å². The first-order valence-electron chi connectivity index (χ1n) is 8.76. The number of ether oxygens (including phenoxy) is 1. The highest BCUT2D eigenvalue weighted by molar-refractivity contribution is 5.90. The minimum absolute atomic E-state index is 0.117.